The van der Waals surface area contributed by atoms with E-state index in [2.05, 4.69) is 0 Å². The second-order valence-corrected chi connectivity index (χ2v) is 10.9. The van der Waals surface area contributed by atoms with E-state index in [1.165, 1.54) is 0 Å². The highest BCUT2D eigenvalue weighted by Crippen LogP contribution is 2.43. The number of ether oxygens (including phenoxy) is 1. The van der Waals surface area contributed by atoms with E-state index in [0.29, 0.717) is 5.02 Å². The number of morpholine rings is 1. The molecule has 2 fully saturated rings. The first-order valence-electron chi connectivity index (χ1n) is 10.0. The number of amides is 1. The van der Waals surface area contributed by atoms with Gasteiger partial charge in [0.1, 0.15) is 6.10 Å². The van der Waals surface area contributed by atoms with Gasteiger partial charge >= 0.3 is 5.97 Å². The monoisotopic (exact) mass is 441 g/mol. The molecule has 1 amide bonds. The van der Waals surface area contributed by atoms with Crippen molar-refractivity contribution in [2.75, 3.05) is 6.61 Å². The Labute approximate surface area is 179 Å². The Morgan fingerprint density at radius 2 is 1.90 bits per heavy atom. The summed E-state index contributed by atoms with van der Waals surface area (Å²) in [5.41, 5.74) is 0.879. The fraction of sp³-hybridized carbons (Fsp3) is 0.619. The van der Waals surface area contributed by atoms with Crippen LogP contribution in [0.15, 0.2) is 24.3 Å². The van der Waals surface area contributed by atoms with Gasteiger partial charge in [-0.1, -0.05) is 37.6 Å². The molecule has 1 saturated carbocycles. The van der Waals surface area contributed by atoms with Gasteiger partial charge in [-0.15, -0.1) is 0 Å². The summed E-state index contributed by atoms with van der Waals surface area (Å²) in [6.07, 6.45) is 0.566. The molecule has 0 radical (unpaired) electrons. The summed E-state index contributed by atoms with van der Waals surface area (Å²) in [6, 6.07) is 6.69. The van der Waals surface area contributed by atoms with Crippen LogP contribution in [0.3, 0.4) is 0 Å². The summed E-state index contributed by atoms with van der Waals surface area (Å²) in [4.78, 5) is 26.4. The second kappa shape index (κ2) is 9.14. The number of carbonyl (C=O) groups excluding carboxylic acids is 1. The number of carbonyl (C=O) groups is 2. The number of hydrogen-bond donors (Lipinski definition) is 1. The van der Waals surface area contributed by atoms with E-state index in [4.69, 9.17) is 16.3 Å². The molecule has 3 rings (SSSR count). The average molecular weight is 442 g/mol. The molecule has 29 heavy (non-hydrogen) atoms. The van der Waals surface area contributed by atoms with E-state index < -0.39 is 22.9 Å². The minimum absolute atomic E-state index is 0.0220. The van der Waals surface area contributed by atoms with Crippen LogP contribution in [0.5, 0.6) is 0 Å². The quantitative estimate of drug-likeness (QED) is 0.668. The predicted octanol–water partition coefficient (Wildman–Crippen LogP) is 3.41. The second-order valence-electron chi connectivity index (χ2n) is 8.14. The van der Waals surface area contributed by atoms with Crippen molar-refractivity contribution < 1.29 is 23.6 Å². The summed E-state index contributed by atoms with van der Waals surface area (Å²) in [6.45, 7) is 5.98. The zero-order chi connectivity index (χ0) is 21.3. The Morgan fingerprint density at radius 1 is 1.28 bits per heavy atom. The Morgan fingerprint density at radius 3 is 2.41 bits per heavy atom. The highest BCUT2D eigenvalue weighted by atomic mass is 35.5. The van der Waals surface area contributed by atoms with Crippen molar-refractivity contribution in [3.63, 3.8) is 0 Å². The van der Waals surface area contributed by atoms with E-state index >= 15 is 0 Å². The maximum atomic E-state index is 13.4. The molecule has 0 spiro atoms. The van der Waals surface area contributed by atoms with Crippen LogP contribution in [0.2, 0.25) is 5.02 Å². The van der Waals surface area contributed by atoms with E-state index in [1.54, 1.807) is 17.0 Å². The van der Waals surface area contributed by atoms with Gasteiger partial charge in [-0.3, -0.25) is 13.8 Å². The van der Waals surface area contributed by atoms with Crippen molar-refractivity contribution in [2.45, 2.75) is 68.7 Å². The summed E-state index contributed by atoms with van der Waals surface area (Å²) >= 11 is 6.03. The van der Waals surface area contributed by atoms with Gasteiger partial charge in [0.15, 0.2) is 0 Å². The van der Waals surface area contributed by atoms with Gasteiger partial charge in [0.25, 0.3) is 5.91 Å². The molecule has 8 heteroatoms. The van der Waals surface area contributed by atoms with Crippen LogP contribution < -0.4 is 0 Å². The SMILES string of the molecule is CC(C)S(=O)C(C)C(C1CC1)N1C(=O)C(CC(=O)O)OCC1c1ccc(Cl)cc1. The smallest absolute Gasteiger partial charge is 0.306 e. The molecule has 0 aromatic heterocycles. The van der Waals surface area contributed by atoms with Crippen molar-refractivity contribution in [1.82, 2.24) is 4.90 Å². The molecule has 1 aliphatic carbocycles. The van der Waals surface area contributed by atoms with Crippen LogP contribution in [0, 0.1) is 5.92 Å². The minimum Gasteiger partial charge on any atom is -0.481 e. The number of carboxylic acids is 1. The Kier molecular flexibility index (Phi) is 7.02. The predicted molar refractivity (Wildman–Crippen MR) is 112 cm³/mol. The fourth-order valence-electron chi connectivity index (χ4n) is 4.12. The van der Waals surface area contributed by atoms with Crippen molar-refractivity contribution in [3.8, 4) is 0 Å². The molecule has 6 nitrogen and oxygen atoms in total. The van der Waals surface area contributed by atoms with E-state index in [-0.39, 0.29) is 47.4 Å². The average Bonchev–Trinajstić information content (AvgIpc) is 3.49. The first kappa shape index (κ1) is 22.2. The third-order valence-corrected chi connectivity index (χ3v) is 7.87. The number of benzene rings is 1. The molecular formula is C21H28ClNO5S. The maximum Gasteiger partial charge on any atom is 0.306 e. The molecule has 5 atom stereocenters. The third kappa shape index (κ3) is 5.01. The highest BCUT2D eigenvalue weighted by Gasteiger charge is 2.49. The van der Waals surface area contributed by atoms with Gasteiger partial charge in [0, 0.05) is 27.1 Å². The molecule has 1 aromatic rings. The Bertz CT molecular complexity index is 780. The maximum absolute atomic E-state index is 13.4. The van der Waals surface area contributed by atoms with Crippen LogP contribution in [0.1, 0.15) is 51.6 Å². The summed E-state index contributed by atoms with van der Waals surface area (Å²) in [5.74, 6) is -1.13. The van der Waals surface area contributed by atoms with Gasteiger partial charge in [-0.2, -0.15) is 0 Å². The number of halogens is 1. The lowest BCUT2D eigenvalue weighted by Crippen LogP contribution is -2.58. The van der Waals surface area contributed by atoms with Crippen LogP contribution in [-0.2, 0) is 25.1 Å². The fourth-order valence-corrected chi connectivity index (χ4v) is 5.73. The Balaban J connectivity index is 1.99. The lowest BCUT2D eigenvalue weighted by Gasteiger charge is -2.46. The van der Waals surface area contributed by atoms with Crippen LogP contribution in [0.25, 0.3) is 0 Å². The number of carboxylic acid groups (broad SMARTS) is 1. The molecule has 1 N–H and O–H groups in total. The number of nitrogens with zero attached hydrogens (tertiary/aromatic N) is 1. The Hall–Kier alpha value is -1.44. The molecule has 1 aromatic carbocycles. The number of rotatable bonds is 8. The zero-order valence-corrected chi connectivity index (χ0v) is 18.5. The largest absolute Gasteiger partial charge is 0.481 e. The van der Waals surface area contributed by atoms with Crippen molar-refractivity contribution >= 4 is 34.3 Å². The zero-order valence-electron chi connectivity index (χ0n) is 16.9. The van der Waals surface area contributed by atoms with Gasteiger partial charge in [-0.05, 0) is 43.4 Å². The lowest BCUT2D eigenvalue weighted by molar-refractivity contribution is -0.169. The lowest BCUT2D eigenvalue weighted by atomic mass is 9.96. The van der Waals surface area contributed by atoms with E-state index in [1.807, 2.05) is 32.9 Å². The first-order chi connectivity index (χ1) is 13.7. The van der Waals surface area contributed by atoms with E-state index in [9.17, 15) is 18.9 Å². The minimum atomic E-state index is -1.11. The molecule has 1 saturated heterocycles. The van der Waals surface area contributed by atoms with Crippen LogP contribution >= 0.6 is 11.6 Å². The molecule has 0 bridgehead atoms. The molecule has 2 aliphatic rings. The van der Waals surface area contributed by atoms with Gasteiger partial charge in [0.2, 0.25) is 0 Å². The molecular weight excluding hydrogens is 414 g/mol. The molecule has 1 aliphatic heterocycles. The van der Waals surface area contributed by atoms with Crippen LogP contribution in [0.4, 0.5) is 0 Å². The number of hydrogen-bond acceptors (Lipinski definition) is 4. The molecule has 1 heterocycles. The van der Waals surface area contributed by atoms with Crippen molar-refractivity contribution in [3.05, 3.63) is 34.9 Å². The van der Waals surface area contributed by atoms with Gasteiger partial charge in [-0.25, -0.2) is 0 Å². The molecule has 5 unspecified atom stereocenters. The standard InChI is InChI=1S/C21H28ClNO5S/c1-12(2)29(27)13(3)20(15-4-5-15)23-17(14-6-8-16(22)9-7-14)11-28-18(21(23)26)10-19(24)25/h6-9,12-13,15,17-18,20H,4-5,10-11H2,1-3H3,(H,24,25). The third-order valence-electron chi connectivity index (χ3n) is 5.67. The summed E-state index contributed by atoms with van der Waals surface area (Å²) in [7, 11) is -1.11. The van der Waals surface area contributed by atoms with Gasteiger partial charge in [0.05, 0.1) is 24.3 Å². The van der Waals surface area contributed by atoms with Crippen LogP contribution in [-0.4, -0.2) is 55.3 Å². The van der Waals surface area contributed by atoms with Crippen molar-refractivity contribution in [2.24, 2.45) is 5.92 Å². The normalized spacial score (nSPS) is 25.7. The topological polar surface area (TPSA) is 83.9 Å². The highest BCUT2D eigenvalue weighted by molar-refractivity contribution is 7.86. The first-order valence-corrected chi connectivity index (χ1v) is 11.7. The van der Waals surface area contributed by atoms with Gasteiger partial charge < -0.3 is 14.7 Å². The number of aliphatic carboxylic acids is 1. The summed E-state index contributed by atoms with van der Waals surface area (Å²) < 4.78 is 18.6. The molecule has 160 valence electrons. The van der Waals surface area contributed by atoms with E-state index in [0.717, 1.165) is 18.4 Å². The van der Waals surface area contributed by atoms with Crippen molar-refractivity contribution in [1.29, 1.82) is 0 Å². The summed E-state index contributed by atoms with van der Waals surface area (Å²) in [5, 5.41) is 9.56.